The summed E-state index contributed by atoms with van der Waals surface area (Å²) >= 11 is 4.63. The second-order valence-electron chi connectivity index (χ2n) is 4.34. The third-order valence-corrected chi connectivity index (χ3v) is 3.26. The fourth-order valence-corrected chi connectivity index (χ4v) is 2.38. The van der Waals surface area contributed by atoms with Crippen LogP contribution in [-0.4, -0.2) is 5.97 Å². The maximum Gasteiger partial charge on any atom is 0.308 e. The van der Waals surface area contributed by atoms with Gasteiger partial charge < -0.3 is 4.74 Å². The van der Waals surface area contributed by atoms with E-state index in [1.54, 1.807) is 6.07 Å². The number of esters is 1. The number of thiol groups is 1. The lowest BCUT2D eigenvalue weighted by molar-refractivity contribution is -0.131. The molecule has 0 spiro atoms. The smallest absolute Gasteiger partial charge is 0.308 e. The first-order valence-electron chi connectivity index (χ1n) is 6.16. The maximum absolute atomic E-state index is 11.1. The summed E-state index contributed by atoms with van der Waals surface area (Å²) in [7, 11) is 0. The van der Waals surface area contributed by atoms with Crippen molar-refractivity contribution < 1.29 is 9.53 Å². The van der Waals surface area contributed by atoms with Gasteiger partial charge in [-0.15, -0.1) is 0 Å². The fourth-order valence-electron chi connectivity index (χ4n) is 1.95. The van der Waals surface area contributed by atoms with E-state index in [1.165, 1.54) is 12.5 Å². The summed E-state index contributed by atoms with van der Waals surface area (Å²) in [6.07, 6.45) is 0.794. The maximum atomic E-state index is 11.1. The van der Waals surface area contributed by atoms with Crippen molar-refractivity contribution >= 4 is 18.6 Å². The van der Waals surface area contributed by atoms with Gasteiger partial charge in [-0.3, -0.25) is 4.79 Å². The van der Waals surface area contributed by atoms with Gasteiger partial charge in [-0.1, -0.05) is 48.5 Å². The summed E-state index contributed by atoms with van der Waals surface area (Å²) in [4.78, 5) is 11.1. The molecule has 1 unspecified atom stereocenters. The van der Waals surface area contributed by atoms with E-state index < -0.39 is 0 Å². The molecule has 0 N–H and O–H groups in total. The van der Waals surface area contributed by atoms with Crippen LogP contribution in [-0.2, 0) is 11.2 Å². The van der Waals surface area contributed by atoms with E-state index in [0.717, 1.165) is 12.0 Å². The molecule has 2 aromatic rings. The molecule has 0 heterocycles. The Hall–Kier alpha value is -1.74. The highest BCUT2D eigenvalue weighted by atomic mass is 32.1. The average Bonchev–Trinajstić information content (AvgIpc) is 2.39. The molecule has 2 rings (SSSR count). The Balaban J connectivity index is 2.19. The van der Waals surface area contributed by atoms with Crippen molar-refractivity contribution in [3.63, 3.8) is 0 Å². The van der Waals surface area contributed by atoms with Gasteiger partial charge in [0.15, 0.2) is 0 Å². The highest BCUT2D eigenvalue weighted by Crippen LogP contribution is 2.31. The minimum atomic E-state index is -0.312. The van der Waals surface area contributed by atoms with Gasteiger partial charge in [-0.05, 0) is 18.1 Å². The number of benzene rings is 2. The SMILES string of the molecule is CC(=O)Oc1ccccc1C(S)Cc1ccccc1. The lowest BCUT2D eigenvalue weighted by Crippen LogP contribution is -2.06. The molecule has 0 aromatic heterocycles. The van der Waals surface area contributed by atoms with Gasteiger partial charge in [0.05, 0.1) is 0 Å². The molecule has 1 atom stereocenters. The largest absolute Gasteiger partial charge is 0.426 e. The molecule has 0 amide bonds. The Labute approximate surface area is 118 Å². The molecule has 0 bridgehead atoms. The Morgan fingerprint density at radius 2 is 1.74 bits per heavy atom. The fraction of sp³-hybridized carbons (Fsp3) is 0.188. The molecule has 19 heavy (non-hydrogen) atoms. The lowest BCUT2D eigenvalue weighted by Gasteiger charge is -2.15. The van der Waals surface area contributed by atoms with E-state index in [0.29, 0.717) is 5.75 Å². The third-order valence-electron chi connectivity index (χ3n) is 2.80. The number of rotatable bonds is 4. The third kappa shape index (κ3) is 3.86. The molecule has 3 heteroatoms. The van der Waals surface area contributed by atoms with Gasteiger partial charge in [0.25, 0.3) is 0 Å². The molecule has 0 aliphatic carbocycles. The van der Waals surface area contributed by atoms with E-state index >= 15 is 0 Å². The first-order valence-corrected chi connectivity index (χ1v) is 6.68. The minimum Gasteiger partial charge on any atom is -0.426 e. The molecule has 0 saturated heterocycles. The molecule has 98 valence electrons. The van der Waals surface area contributed by atoms with Crippen LogP contribution in [0.25, 0.3) is 0 Å². The normalized spacial score (nSPS) is 11.9. The van der Waals surface area contributed by atoms with Crippen molar-refractivity contribution in [2.45, 2.75) is 18.6 Å². The zero-order valence-corrected chi connectivity index (χ0v) is 11.6. The van der Waals surface area contributed by atoms with Crippen molar-refractivity contribution in [2.75, 3.05) is 0 Å². The van der Waals surface area contributed by atoms with E-state index in [-0.39, 0.29) is 11.2 Å². The molecule has 0 aliphatic heterocycles. The second kappa shape index (κ2) is 6.43. The highest BCUT2D eigenvalue weighted by molar-refractivity contribution is 7.80. The predicted octanol–water partition coefficient (Wildman–Crippen LogP) is 3.83. The van der Waals surface area contributed by atoms with Crippen LogP contribution < -0.4 is 4.74 Å². The van der Waals surface area contributed by atoms with Crippen LogP contribution >= 0.6 is 12.6 Å². The van der Waals surface area contributed by atoms with Gasteiger partial charge >= 0.3 is 5.97 Å². The molecule has 2 nitrogen and oxygen atoms in total. The summed E-state index contributed by atoms with van der Waals surface area (Å²) in [5.74, 6) is 0.277. The zero-order valence-electron chi connectivity index (χ0n) is 10.7. The summed E-state index contributed by atoms with van der Waals surface area (Å²) in [6, 6.07) is 17.7. The molecule has 0 radical (unpaired) electrons. The van der Waals surface area contributed by atoms with Crippen molar-refractivity contribution in [3.05, 3.63) is 65.7 Å². The van der Waals surface area contributed by atoms with Crippen LogP contribution in [0.2, 0.25) is 0 Å². The Morgan fingerprint density at radius 3 is 2.42 bits per heavy atom. The van der Waals surface area contributed by atoms with Gasteiger partial charge in [-0.2, -0.15) is 12.6 Å². The number of carbonyl (C=O) groups is 1. The van der Waals surface area contributed by atoms with Crippen LogP contribution in [0.5, 0.6) is 5.75 Å². The van der Waals surface area contributed by atoms with E-state index in [1.807, 2.05) is 36.4 Å². The van der Waals surface area contributed by atoms with E-state index in [4.69, 9.17) is 4.74 Å². The molecule has 0 fully saturated rings. The Bertz CT molecular complexity index is 552. The number of carbonyl (C=O) groups excluding carboxylic acids is 1. The quantitative estimate of drug-likeness (QED) is 0.520. The van der Waals surface area contributed by atoms with Crippen molar-refractivity contribution in [1.82, 2.24) is 0 Å². The summed E-state index contributed by atoms with van der Waals surface area (Å²) in [6.45, 7) is 1.40. The standard InChI is InChI=1S/C16H16O2S/c1-12(17)18-15-10-6-5-9-14(15)16(19)11-13-7-3-2-4-8-13/h2-10,16,19H,11H2,1H3. The molecule has 0 saturated carbocycles. The van der Waals surface area contributed by atoms with Gasteiger partial charge in [0.2, 0.25) is 0 Å². The van der Waals surface area contributed by atoms with Crippen LogP contribution in [0.4, 0.5) is 0 Å². The number of hydrogen-bond acceptors (Lipinski definition) is 3. The van der Waals surface area contributed by atoms with E-state index in [9.17, 15) is 4.79 Å². The Kier molecular flexibility index (Phi) is 4.63. The van der Waals surface area contributed by atoms with E-state index in [2.05, 4.69) is 24.8 Å². The Morgan fingerprint density at radius 1 is 1.11 bits per heavy atom. The molecular formula is C16H16O2S. The van der Waals surface area contributed by atoms with Crippen LogP contribution in [0, 0.1) is 0 Å². The van der Waals surface area contributed by atoms with Gasteiger partial charge in [0, 0.05) is 17.7 Å². The summed E-state index contributed by atoms with van der Waals surface area (Å²) < 4.78 is 5.22. The van der Waals surface area contributed by atoms with Crippen LogP contribution in [0.3, 0.4) is 0 Å². The predicted molar refractivity (Wildman–Crippen MR) is 79.6 cm³/mol. The van der Waals surface area contributed by atoms with Gasteiger partial charge in [-0.25, -0.2) is 0 Å². The van der Waals surface area contributed by atoms with Crippen molar-refractivity contribution in [2.24, 2.45) is 0 Å². The average molecular weight is 272 g/mol. The monoisotopic (exact) mass is 272 g/mol. The van der Waals surface area contributed by atoms with Gasteiger partial charge in [0.1, 0.15) is 5.75 Å². The summed E-state index contributed by atoms with van der Waals surface area (Å²) in [5, 5.41) is -0.00190. The minimum absolute atomic E-state index is 0.00190. The second-order valence-corrected chi connectivity index (χ2v) is 4.96. The lowest BCUT2D eigenvalue weighted by atomic mass is 10.0. The molecule has 0 aliphatic rings. The van der Waals surface area contributed by atoms with Crippen LogP contribution in [0.1, 0.15) is 23.3 Å². The van der Waals surface area contributed by atoms with Crippen molar-refractivity contribution in [3.8, 4) is 5.75 Å². The van der Waals surface area contributed by atoms with Crippen LogP contribution in [0.15, 0.2) is 54.6 Å². The first kappa shape index (κ1) is 13.7. The summed E-state index contributed by atoms with van der Waals surface area (Å²) in [5.41, 5.74) is 2.14. The highest BCUT2D eigenvalue weighted by Gasteiger charge is 2.13. The first-order chi connectivity index (χ1) is 9.16. The number of ether oxygens (including phenoxy) is 1. The van der Waals surface area contributed by atoms with Crippen molar-refractivity contribution in [1.29, 1.82) is 0 Å². The zero-order chi connectivity index (χ0) is 13.7. The topological polar surface area (TPSA) is 26.3 Å². The molecule has 2 aromatic carbocycles. The number of para-hydroxylation sites is 1. The molecular weight excluding hydrogens is 256 g/mol. The number of hydrogen-bond donors (Lipinski definition) is 1.